The zero-order valence-corrected chi connectivity index (χ0v) is 10.4. The summed E-state index contributed by atoms with van der Waals surface area (Å²) in [6, 6.07) is 2.16. The maximum absolute atomic E-state index is 7.54. The molecule has 4 heteroatoms. The van der Waals surface area contributed by atoms with Crippen LogP contribution in [0.25, 0.3) is 0 Å². The Morgan fingerprint density at radius 2 is 2.06 bits per heavy atom. The van der Waals surface area contributed by atoms with Crippen molar-refractivity contribution in [1.82, 2.24) is 4.98 Å². The van der Waals surface area contributed by atoms with Gasteiger partial charge in [-0.2, -0.15) is 0 Å². The Bertz CT molecular complexity index is 373. The molecule has 1 aromatic heterocycles. The van der Waals surface area contributed by atoms with Crippen LogP contribution in [0.15, 0.2) is 18.5 Å². The van der Waals surface area contributed by atoms with Crippen LogP contribution in [0.2, 0.25) is 0 Å². The van der Waals surface area contributed by atoms with Gasteiger partial charge in [-0.15, -0.1) is 0 Å². The fourth-order valence-corrected chi connectivity index (χ4v) is 1.56. The van der Waals surface area contributed by atoms with Crippen LogP contribution in [-0.2, 0) is 0 Å². The smallest absolute Gasteiger partial charge is 0.125 e. The van der Waals surface area contributed by atoms with E-state index in [4.69, 9.17) is 11.1 Å². The summed E-state index contributed by atoms with van der Waals surface area (Å²) in [5.74, 6) is 0.616. The Balaban J connectivity index is 3.08. The number of anilines is 1. The molecule has 1 unspecified atom stereocenters. The van der Waals surface area contributed by atoms with Crippen LogP contribution in [0.3, 0.4) is 0 Å². The van der Waals surface area contributed by atoms with E-state index in [-0.39, 0.29) is 5.84 Å². The average molecular weight is 220 g/mol. The summed E-state index contributed by atoms with van der Waals surface area (Å²) < 4.78 is 0. The molecule has 3 N–H and O–H groups in total. The quantitative estimate of drug-likeness (QED) is 0.601. The number of hydrogen-bond donors (Lipinski definition) is 2. The van der Waals surface area contributed by atoms with E-state index in [1.165, 1.54) is 0 Å². The lowest BCUT2D eigenvalue weighted by Crippen LogP contribution is -2.34. The van der Waals surface area contributed by atoms with Gasteiger partial charge in [-0.25, -0.2) is 0 Å². The number of nitrogen functional groups attached to an aromatic ring is 1. The summed E-state index contributed by atoms with van der Waals surface area (Å²) in [5.41, 5.74) is 7.21. The molecule has 0 aliphatic heterocycles. The number of nitrogens with one attached hydrogen (secondary N) is 1. The van der Waals surface area contributed by atoms with Gasteiger partial charge in [0.05, 0.1) is 11.9 Å². The number of amidine groups is 1. The van der Waals surface area contributed by atoms with E-state index in [2.05, 4.69) is 30.7 Å². The van der Waals surface area contributed by atoms with Gasteiger partial charge in [0, 0.05) is 24.8 Å². The van der Waals surface area contributed by atoms with Crippen molar-refractivity contribution in [3.05, 3.63) is 24.0 Å². The Hall–Kier alpha value is -1.58. The van der Waals surface area contributed by atoms with Crippen molar-refractivity contribution in [2.75, 3.05) is 11.9 Å². The maximum atomic E-state index is 7.54. The van der Waals surface area contributed by atoms with Crippen LogP contribution in [0.4, 0.5) is 5.69 Å². The van der Waals surface area contributed by atoms with Gasteiger partial charge >= 0.3 is 0 Å². The molecule has 0 saturated carbocycles. The van der Waals surface area contributed by atoms with Crippen LogP contribution in [0.5, 0.6) is 0 Å². The first-order valence-corrected chi connectivity index (χ1v) is 5.46. The third-order valence-corrected chi connectivity index (χ3v) is 3.05. The van der Waals surface area contributed by atoms with Crippen molar-refractivity contribution in [3.63, 3.8) is 0 Å². The SMILES string of the molecule is CC(C)C(C)N(C)c1cnccc1C(=N)N. The highest BCUT2D eigenvalue weighted by atomic mass is 15.1. The topological polar surface area (TPSA) is 66.0 Å². The minimum atomic E-state index is 0.0835. The summed E-state index contributed by atoms with van der Waals surface area (Å²) in [5, 5.41) is 7.54. The van der Waals surface area contributed by atoms with E-state index in [1.54, 1.807) is 18.5 Å². The lowest BCUT2D eigenvalue weighted by Gasteiger charge is -2.31. The molecule has 0 aliphatic carbocycles. The molecular weight excluding hydrogens is 200 g/mol. The summed E-state index contributed by atoms with van der Waals surface area (Å²) in [6.45, 7) is 6.50. The van der Waals surface area contributed by atoms with Gasteiger partial charge in [-0.1, -0.05) is 13.8 Å². The highest BCUT2D eigenvalue weighted by Gasteiger charge is 2.17. The third kappa shape index (κ3) is 2.51. The van der Waals surface area contributed by atoms with Gasteiger partial charge in [0.1, 0.15) is 5.84 Å². The molecule has 0 radical (unpaired) electrons. The fraction of sp³-hybridized carbons (Fsp3) is 0.500. The molecule has 0 aromatic carbocycles. The van der Waals surface area contributed by atoms with Crippen molar-refractivity contribution in [3.8, 4) is 0 Å². The summed E-state index contributed by atoms with van der Waals surface area (Å²) in [6.07, 6.45) is 3.42. The lowest BCUT2D eigenvalue weighted by atomic mass is 10.0. The highest BCUT2D eigenvalue weighted by molar-refractivity contribution is 6.00. The molecule has 1 atom stereocenters. The van der Waals surface area contributed by atoms with E-state index in [0.717, 1.165) is 11.3 Å². The molecule has 1 heterocycles. The lowest BCUT2D eigenvalue weighted by molar-refractivity contribution is 0.505. The first kappa shape index (κ1) is 12.5. The second kappa shape index (κ2) is 4.96. The normalized spacial score (nSPS) is 12.6. The van der Waals surface area contributed by atoms with Gasteiger partial charge < -0.3 is 10.6 Å². The molecule has 0 spiro atoms. The minimum absolute atomic E-state index is 0.0835. The number of pyridine rings is 1. The van der Waals surface area contributed by atoms with Gasteiger partial charge in [-0.05, 0) is 18.9 Å². The van der Waals surface area contributed by atoms with E-state index in [1.807, 2.05) is 7.05 Å². The van der Waals surface area contributed by atoms with Crippen molar-refractivity contribution in [2.45, 2.75) is 26.8 Å². The van der Waals surface area contributed by atoms with Crippen LogP contribution in [0.1, 0.15) is 26.3 Å². The number of aromatic nitrogens is 1. The van der Waals surface area contributed by atoms with Crippen molar-refractivity contribution in [1.29, 1.82) is 5.41 Å². The first-order valence-electron chi connectivity index (χ1n) is 5.46. The van der Waals surface area contributed by atoms with Gasteiger partial charge in [0.2, 0.25) is 0 Å². The van der Waals surface area contributed by atoms with Gasteiger partial charge in [0.15, 0.2) is 0 Å². The number of nitrogens with zero attached hydrogens (tertiary/aromatic N) is 2. The van der Waals surface area contributed by atoms with Crippen LogP contribution < -0.4 is 10.6 Å². The van der Waals surface area contributed by atoms with Gasteiger partial charge in [-0.3, -0.25) is 10.4 Å². The minimum Gasteiger partial charge on any atom is -0.384 e. The predicted octanol–water partition coefficient (Wildman–Crippen LogP) is 1.85. The molecule has 88 valence electrons. The van der Waals surface area contributed by atoms with Gasteiger partial charge in [0.25, 0.3) is 0 Å². The van der Waals surface area contributed by atoms with E-state index in [9.17, 15) is 0 Å². The molecule has 16 heavy (non-hydrogen) atoms. The van der Waals surface area contributed by atoms with Crippen molar-refractivity contribution in [2.24, 2.45) is 11.7 Å². The summed E-state index contributed by atoms with van der Waals surface area (Å²) >= 11 is 0. The first-order chi connectivity index (χ1) is 7.45. The molecule has 0 fully saturated rings. The Morgan fingerprint density at radius 3 is 2.56 bits per heavy atom. The van der Waals surface area contributed by atoms with E-state index >= 15 is 0 Å². The second-order valence-corrected chi connectivity index (χ2v) is 4.40. The summed E-state index contributed by atoms with van der Waals surface area (Å²) in [4.78, 5) is 6.22. The van der Waals surface area contributed by atoms with Crippen molar-refractivity contribution < 1.29 is 0 Å². The van der Waals surface area contributed by atoms with E-state index < -0.39 is 0 Å². The Kier molecular flexibility index (Phi) is 3.88. The number of rotatable bonds is 4. The fourth-order valence-electron chi connectivity index (χ4n) is 1.56. The Morgan fingerprint density at radius 1 is 1.44 bits per heavy atom. The molecule has 0 saturated heterocycles. The number of nitrogens with two attached hydrogens (primary N) is 1. The average Bonchev–Trinajstić information content (AvgIpc) is 2.26. The van der Waals surface area contributed by atoms with Crippen LogP contribution in [0, 0.1) is 11.3 Å². The monoisotopic (exact) mass is 220 g/mol. The molecule has 0 aliphatic rings. The second-order valence-electron chi connectivity index (χ2n) is 4.40. The zero-order valence-electron chi connectivity index (χ0n) is 10.4. The molecular formula is C12H20N4. The molecule has 0 bridgehead atoms. The molecule has 0 amide bonds. The molecule has 1 aromatic rings. The summed E-state index contributed by atoms with van der Waals surface area (Å²) in [7, 11) is 2.01. The maximum Gasteiger partial charge on any atom is 0.125 e. The molecule has 1 rings (SSSR count). The van der Waals surface area contributed by atoms with Crippen LogP contribution in [-0.4, -0.2) is 23.9 Å². The largest absolute Gasteiger partial charge is 0.384 e. The van der Waals surface area contributed by atoms with E-state index in [0.29, 0.717) is 12.0 Å². The Labute approximate surface area is 97.0 Å². The third-order valence-electron chi connectivity index (χ3n) is 3.05. The van der Waals surface area contributed by atoms with Crippen molar-refractivity contribution >= 4 is 11.5 Å². The zero-order chi connectivity index (χ0) is 12.3. The predicted molar refractivity (Wildman–Crippen MR) is 68.0 cm³/mol. The highest BCUT2D eigenvalue weighted by Crippen LogP contribution is 2.22. The molecule has 4 nitrogen and oxygen atoms in total. The standard InChI is InChI=1S/C12H20N4/c1-8(2)9(3)16(4)11-7-15-6-5-10(11)12(13)14/h5-9H,1-4H3,(H3,13,14). The van der Waals surface area contributed by atoms with Crippen LogP contribution >= 0.6 is 0 Å². The number of hydrogen-bond acceptors (Lipinski definition) is 3.